The molecule has 0 N–H and O–H groups in total. The monoisotopic (exact) mass is 254 g/mol. The number of rotatable bonds is 3. The molecule has 2 heteroatoms. The quantitative estimate of drug-likeness (QED) is 0.679. The molecule has 0 heterocycles. The van der Waals surface area contributed by atoms with Crippen molar-refractivity contribution < 1.29 is 0 Å². The summed E-state index contributed by atoms with van der Waals surface area (Å²) in [6.45, 7) is 2.21. The van der Waals surface area contributed by atoms with Crippen LogP contribution in [0.5, 0.6) is 0 Å². The number of unbranched alkanes of at least 4 members (excludes halogenated alkanes) is 2. The Bertz CT molecular complexity index is 468. The molecule has 100 valence electrons. The number of allylic oxidation sites excluding steroid dienone is 4. The molecule has 19 heavy (non-hydrogen) atoms. The molecule has 0 atom stereocenters. The molecule has 0 aliphatic heterocycles. The van der Waals surface area contributed by atoms with E-state index in [0.717, 1.165) is 44.1 Å². The van der Waals surface area contributed by atoms with Crippen LogP contribution in [0.25, 0.3) is 0 Å². The molecule has 2 nitrogen and oxygen atoms in total. The summed E-state index contributed by atoms with van der Waals surface area (Å²) < 4.78 is 0. The predicted molar refractivity (Wildman–Crippen MR) is 76.0 cm³/mol. The highest BCUT2D eigenvalue weighted by Crippen LogP contribution is 2.48. The Morgan fingerprint density at radius 3 is 2.63 bits per heavy atom. The fourth-order valence-corrected chi connectivity index (χ4v) is 3.39. The van der Waals surface area contributed by atoms with Gasteiger partial charge in [-0.1, -0.05) is 25.8 Å². The van der Waals surface area contributed by atoms with Crippen molar-refractivity contribution in [2.75, 3.05) is 0 Å². The maximum absolute atomic E-state index is 9.42. The van der Waals surface area contributed by atoms with Crippen LogP contribution < -0.4 is 0 Å². The van der Waals surface area contributed by atoms with Gasteiger partial charge in [0.15, 0.2) is 5.41 Å². The molecule has 0 bridgehead atoms. The van der Waals surface area contributed by atoms with Crippen molar-refractivity contribution in [3.8, 4) is 12.1 Å². The maximum atomic E-state index is 9.42. The van der Waals surface area contributed by atoms with Gasteiger partial charge in [-0.25, -0.2) is 0 Å². The number of hydrogen-bond donors (Lipinski definition) is 0. The Kier molecular flexibility index (Phi) is 4.43. The molecule has 0 aromatic rings. The highest BCUT2D eigenvalue weighted by atomic mass is 14.5. The molecule has 2 aliphatic rings. The van der Waals surface area contributed by atoms with Crippen molar-refractivity contribution in [1.29, 1.82) is 10.5 Å². The molecule has 0 spiro atoms. The van der Waals surface area contributed by atoms with E-state index >= 15 is 0 Å². The number of hydrogen-bond acceptors (Lipinski definition) is 2. The Balaban J connectivity index is 2.33. The third-order valence-electron chi connectivity index (χ3n) is 4.45. The summed E-state index contributed by atoms with van der Waals surface area (Å²) in [4.78, 5) is 0. The van der Waals surface area contributed by atoms with Crippen LogP contribution in [-0.4, -0.2) is 0 Å². The maximum Gasteiger partial charge on any atom is 0.165 e. The lowest BCUT2D eigenvalue weighted by Crippen LogP contribution is -2.14. The topological polar surface area (TPSA) is 47.6 Å². The van der Waals surface area contributed by atoms with Crippen LogP contribution in [0.1, 0.15) is 64.7 Å². The van der Waals surface area contributed by atoms with Gasteiger partial charge < -0.3 is 0 Å². The van der Waals surface area contributed by atoms with E-state index in [-0.39, 0.29) is 0 Å². The van der Waals surface area contributed by atoms with E-state index in [1.165, 1.54) is 30.4 Å². The minimum absolute atomic E-state index is 0.723. The van der Waals surface area contributed by atoms with Gasteiger partial charge in [-0.05, 0) is 61.7 Å². The average Bonchev–Trinajstić information content (AvgIpc) is 3.04. The van der Waals surface area contributed by atoms with Crippen LogP contribution in [0.15, 0.2) is 22.8 Å². The summed E-state index contributed by atoms with van der Waals surface area (Å²) in [5.74, 6) is 0. The normalized spacial score (nSPS) is 27.4. The third kappa shape index (κ3) is 2.59. The zero-order chi connectivity index (χ0) is 13.7. The fraction of sp³-hybridized carbons (Fsp3) is 0.647. The lowest BCUT2D eigenvalue weighted by atomic mass is 9.81. The van der Waals surface area contributed by atoms with Gasteiger partial charge in [-0.15, -0.1) is 0 Å². The summed E-state index contributed by atoms with van der Waals surface area (Å²) in [7, 11) is 0. The molecule has 0 saturated heterocycles. The van der Waals surface area contributed by atoms with Gasteiger partial charge in [0.1, 0.15) is 0 Å². The predicted octanol–water partition coefficient (Wildman–Crippen LogP) is 4.80. The van der Waals surface area contributed by atoms with Crippen LogP contribution in [-0.2, 0) is 0 Å². The van der Waals surface area contributed by atoms with Gasteiger partial charge in [-0.3, -0.25) is 0 Å². The first-order valence-corrected chi connectivity index (χ1v) is 7.52. The summed E-state index contributed by atoms with van der Waals surface area (Å²) in [5.41, 5.74) is 3.12. The largest absolute Gasteiger partial charge is 0.196 e. The van der Waals surface area contributed by atoms with Gasteiger partial charge in [-0.2, -0.15) is 10.5 Å². The Morgan fingerprint density at radius 2 is 1.95 bits per heavy atom. The zero-order valence-corrected chi connectivity index (χ0v) is 11.8. The van der Waals surface area contributed by atoms with Crippen LogP contribution >= 0.6 is 0 Å². The van der Waals surface area contributed by atoms with Crippen LogP contribution in [0, 0.1) is 28.1 Å². The van der Waals surface area contributed by atoms with Gasteiger partial charge >= 0.3 is 0 Å². The highest BCUT2D eigenvalue weighted by Gasteiger charge is 2.41. The summed E-state index contributed by atoms with van der Waals surface area (Å²) in [5, 5.41) is 18.8. The highest BCUT2D eigenvalue weighted by molar-refractivity contribution is 5.48. The zero-order valence-electron chi connectivity index (χ0n) is 11.8. The molecular formula is C17H22N2. The molecule has 2 saturated carbocycles. The first kappa shape index (κ1) is 13.9. The van der Waals surface area contributed by atoms with Crippen LogP contribution in [0.4, 0.5) is 0 Å². The van der Waals surface area contributed by atoms with E-state index in [4.69, 9.17) is 0 Å². The van der Waals surface area contributed by atoms with Crippen molar-refractivity contribution in [2.24, 2.45) is 5.41 Å². The molecule has 0 unspecified atom stereocenters. The van der Waals surface area contributed by atoms with E-state index in [1.807, 2.05) is 0 Å². The molecule has 0 aromatic carbocycles. The Labute approximate surface area is 116 Å². The van der Waals surface area contributed by atoms with E-state index in [2.05, 4.69) is 25.1 Å². The molecule has 2 aliphatic carbocycles. The van der Waals surface area contributed by atoms with Crippen molar-refractivity contribution >= 4 is 0 Å². The molecule has 2 rings (SSSR count). The smallest absolute Gasteiger partial charge is 0.165 e. The van der Waals surface area contributed by atoms with Gasteiger partial charge in [0, 0.05) is 0 Å². The SMILES string of the molecule is CCCC/C=C1\CCC\C1=C1\CCCC1(C#N)C#N. The minimum Gasteiger partial charge on any atom is -0.196 e. The Hall–Kier alpha value is -1.54. The van der Waals surface area contributed by atoms with Crippen molar-refractivity contribution in [3.63, 3.8) is 0 Å². The van der Waals surface area contributed by atoms with Gasteiger partial charge in [0.25, 0.3) is 0 Å². The second-order valence-electron chi connectivity index (χ2n) is 5.66. The second kappa shape index (κ2) is 6.07. The second-order valence-corrected chi connectivity index (χ2v) is 5.66. The van der Waals surface area contributed by atoms with E-state index < -0.39 is 5.41 Å². The molecule has 0 radical (unpaired) electrons. The minimum atomic E-state index is -0.816. The van der Waals surface area contributed by atoms with Crippen LogP contribution in [0.2, 0.25) is 0 Å². The fourth-order valence-electron chi connectivity index (χ4n) is 3.39. The van der Waals surface area contributed by atoms with E-state index in [0.29, 0.717) is 0 Å². The number of nitriles is 2. The lowest BCUT2D eigenvalue weighted by Gasteiger charge is -2.17. The first-order chi connectivity index (χ1) is 9.27. The first-order valence-electron chi connectivity index (χ1n) is 7.52. The van der Waals surface area contributed by atoms with Gasteiger partial charge in [0.2, 0.25) is 0 Å². The summed E-state index contributed by atoms with van der Waals surface area (Å²) >= 11 is 0. The molecule has 2 fully saturated rings. The number of nitrogens with zero attached hydrogens (tertiary/aromatic N) is 2. The van der Waals surface area contributed by atoms with Crippen molar-refractivity contribution in [3.05, 3.63) is 22.8 Å². The average molecular weight is 254 g/mol. The van der Waals surface area contributed by atoms with Crippen molar-refractivity contribution in [1.82, 2.24) is 0 Å². The van der Waals surface area contributed by atoms with Crippen LogP contribution in [0.3, 0.4) is 0 Å². The van der Waals surface area contributed by atoms with Gasteiger partial charge in [0.05, 0.1) is 12.1 Å². The lowest BCUT2D eigenvalue weighted by molar-refractivity contribution is 0.628. The molecule has 0 amide bonds. The van der Waals surface area contributed by atoms with E-state index in [1.54, 1.807) is 0 Å². The molecule has 0 aromatic heterocycles. The third-order valence-corrected chi connectivity index (χ3v) is 4.45. The van der Waals surface area contributed by atoms with E-state index in [9.17, 15) is 10.5 Å². The summed E-state index contributed by atoms with van der Waals surface area (Å²) in [6, 6.07) is 4.59. The Morgan fingerprint density at radius 1 is 1.16 bits per heavy atom. The molecular weight excluding hydrogens is 232 g/mol. The summed E-state index contributed by atoms with van der Waals surface area (Å²) in [6.07, 6.45) is 12.0. The van der Waals surface area contributed by atoms with Crippen molar-refractivity contribution in [2.45, 2.75) is 64.7 Å². The standard InChI is InChI=1S/C17H22N2/c1-2-3-4-7-14-8-5-9-15(14)16-10-6-11-17(16,12-18)13-19/h7H,2-6,8-11H2,1H3/b14-7+,16-15+.